The minimum atomic E-state index is -0.372. The number of thioether (sulfide) groups is 1. The first-order chi connectivity index (χ1) is 13.9. The normalized spacial score (nSPS) is 16.9. The molecule has 1 atom stereocenters. The van der Waals surface area contributed by atoms with Crippen LogP contribution in [0.1, 0.15) is 49.3 Å². The molecule has 3 heterocycles. The van der Waals surface area contributed by atoms with Crippen molar-refractivity contribution in [1.82, 2.24) is 14.8 Å². The van der Waals surface area contributed by atoms with Crippen LogP contribution in [0.2, 0.25) is 0 Å². The van der Waals surface area contributed by atoms with Gasteiger partial charge in [0, 0.05) is 23.8 Å². The molecular formula is C21H25N3O4S. The molecule has 1 fully saturated rings. The number of ether oxygens (including phenoxy) is 1. The van der Waals surface area contributed by atoms with Crippen LogP contribution in [0.4, 0.5) is 0 Å². The lowest BCUT2D eigenvalue weighted by molar-refractivity contribution is 0.0941. The zero-order valence-corrected chi connectivity index (χ0v) is 17.7. The Morgan fingerprint density at radius 1 is 1.31 bits per heavy atom. The SMILES string of the molecule is Cc1cc2oc(=O)cc(CSc3n[nH]c(=O)n3CC3CCCO3)c2cc1C(C)C. The van der Waals surface area contributed by atoms with Gasteiger partial charge in [0.25, 0.3) is 0 Å². The van der Waals surface area contributed by atoms with E-state index in [1.807, 2.05) is 13.0 Å². The third kappa shape index (κ3) is 4.18. The number of aryl methyl sites for hydroxylation is 1. The predicted molar refractivity (Wildman–Crippen MR) is 113 cm³/mol. The van der Waals surface area contributed by atoms with Crippen molar-refractivity contribution in [2.45, 2.75) is 63.1 Å². The average Bonchev–Trinajstić information content (AvgIpc) is 3.30. The van der Waals surface area contributed by atoms with Crippen LogP contribution in [-0.4, -0.2) is 27.5 Å². The van der Waals surface area contributed by atoms with Gasteiger partial charge in [-0.25, -0.2) is 14.7 Å². The van der Waals surface area contributed by atoms with Crippen LogP contribution in [0.25, 0.3) is 11.0 Å². The summed E-state index contributed by atoms with van der Waals surface area (Å²) in [7, 11) is 0. The van der Waals surface area contributed by atoms with Crippen molar-refractivity contribution in [2.75, 3.05) is 6.61 Å². The number of aromatic amines is 1. The summed E-state index contributed by atoms with van der Waals surface area (Å²) in [6, 6.07) is 5.57. The van der Waals surface area contributed by atoms with E-state index < -0.39 is 0 Å². The number of fused-ring (bicyclic) bond motifs is 1. The van der Waals surface area contributed by atoms with E-state index in [2.05, 4.69) is 30.1 Å². The summed E-state index contributed by atoms with van der Waals surface area (Å²) in [5.74, 6) is 0.883. The second-order valence-corrected chi connectivity index (χ2v) is 8.74. The van der Waals surface area contributed by atoms with Gasteiger partial charge < -0.3 is 9.15 Å². The summed E-state index contributed by atoms with van der Waals surface area (Å²) in [5, 5.41) is 8.22. The largest absolute Gasteiger partial charge is 0.423 e. The number of aromatic nitrogens is 3. The zero-order chi connectivity index (χ0) is 20.5. The molecule has 7 nitrogen and oxygen atoms in total. The Balaban J connectivity index is 1.64. The second kappa shape index (κ2) is 8.20. The number of H-pyrrole nitrogens is 1. The first kappa shape index (κ1) is 20.0. The number of benzene rings is 1. The topological polar surface area (TPSA) is 90.1 Å². The van der Waals surface area contributed by atoms with Crippen molar-refractivity contribution in [1.29, 1.82) is 0 Å². The summed E-state index contributed by atoms with van der Waals surface area (Å²) in [6.45, 7) is 7.56. The first-order valence-corrected chi connectivity index (χ1v) is 10.9. The van der Waals surface area contributed by atoms with Crippen molar-refractivity contribution in [3.05, 3.63) is 55.8 Å². The lowest BCUT2D eigenvalue weighted by Gasteiger charge is -2.13. The van der Waals surface area contributed by atoms with Crippen LogP contribution in [0, 0.1) is 6.92 Å². The van der Waals surface area contributed by atoms with Crippen molar-refractivity contribution in [3.63, 3.8) is 0 Å². The predicted octanol–water partition coefficient (Wildman–Crippen LogP) is 3.58. The molecule has 0 spiro atoms. The van der Waals surface area contributed by atoms with Crippen LogP contribution in [-0.2, 0) is 17.0 Å². The summed E-state index contributed by atoms with van der Waals surface area (Å²) in [4.78, 5) is 24.3. The second-order valence-electron chi connectivity index (χ2n) is 7.80. The molecule has 1 saturated heterocycles. The van der Waals surface area contributed by atoms with Gasteiger partial charge in [-0.15, -0.1) is 5.10 Å². The van der Waals surface area contributed by atoms with E-state index in [0.717, 1.165) is 36.0 Å². The summed E-state index contributed by atoms with van der Waals surface area (Å²) in [5.41, 5.74) is 3.20. The van der Waals surface area contributed by atoms with Crippen LogP contribution in [0.5, 0.6) is 0 Å². The third-order valence-electron chi connectivity index (χ3n) is 5.33. The Labute approximate surface area is 172 Å². The minimum Gasteiger partial charge on any atom is -0.423 e. The maximum absolute atomic E-state index is 12.2. The van der Waals surface area contributed by atoms with Gasteiger partial charge in [-0.1, -0.05) is 25.6 Å². The molecule has 1 N–H and O–H groups in total. The lowest BCUT2D eigenvalue weighted by atomic mass is 9.95. The van der Waals surface area contributed by atoms with Crippen LogP contribution < -0.4 is 11.3 Å². The molecule has 3 aromatic rings. The number of nitrogens with zero attached hydrogens (tertiary/aromatic N) is 2. The van der Waals surface area contributed by atoms with Crippen molar-refractivity contribution in [2.24, 2.45) is 0 Å². The Morgan fingerprint density at radius 2 is 2.14 bits per heavy atom. The van der Waals surface area contributed by atoms with Crippen LogP contribution in [0.3, 0.4) is 0 Å². The Morgan fingerprint density at radius 3 is 2.86 bits per heavy atom. The van der Waals surface area contributed by atoms with Gasteiger partial charge in [0.2, 0.25) is 0 Å². The fourth-order valence-electron chi connectivity index (χ4n) is 3.84. The smallest absolute Gasteiger partial charge is 0.344 e. The summed E-state index contributed by atoms with van der Waals surface area (Å²) >= 11 is 1.43. The number of nitrogens with one attached hydrogen (secondary N) is 1. The molecule has 29 heavy (non-hydrogen) atoms. The molecule has 0 amide bonds. The van der Waals surface area contributed by atoms with Gasteiger partial charge >= 0.3 is 11.3 Å². The molecular weight excluding hydrogens is 390 g/mol. The van der Waals surface area contributed by atoms with E-state index in [0.29, 0.717) is 29.0 Å². The van der Waals surface area contributed by atoms with Gasteiger partial charge in [0.1, 0.15) is 5.58 Å². The molecule has 1 aliphatic heterocycles. The fourth-order valence-corrected chi connectivity index (χ4v) is 4.79. The number of hydrogen-bond donors (Lipinski definition) is 1. The molecule has 8 heteroatoms. The van der Waals surface area contributed by atoms with Crippen molar-refractivity contribution < 1.29 is 9.15 Å². The highest BCUT2D eigenvalue weighted by atomic mass is 32.2. The number of rotatable bonds is 6. The zero-order valence-electron chi connectivity index (χ0n) is 16.9. The monoisotopic (exact) mass is 415 g/mol. The van der Waals surface area contributed by atoms with E-state index in [1.165, 1.54) is 23.4 Å². The molecule has 0 bridgehead atoms. The van der Waals surface area contributed by atoms with E-state index in [4.69, 9.17) is 9.15 Å². The molecule has 1 aliphatic rings. The van der Waals surface area contributed by atoms with Crippen molar-refractivity contribution in [3.8, 4) is 0 Å². The van der Waals surface area contributed by atoms with Gasteiger partial charge in [0.15, 0.2) is 5.16 Å². The first-order valence-electron chi connectivity index (χ1n) is 9.89. The molecule has 0 radical (unpaired) electrons. The van der Waals surface area contributed by atoms with Gasteiger partial charge in [-0.05, 0) is 54.5 Å². The highest BCUT2D eigenvalue weighted by Crippen LogP contribution is 2.30. The molecule has 0 saturated carbocycles. The van der Waals surface area contributed by atoms with Gasteiger partial charge in [0.05, 0.1) is 12.6 Å². The van der Waals surface area contributed by atoms with E-state index >= 15 is 0 Å². The third-order valence-corrected chi connectivity index (χ3v) is 6.35. The summed E-state index contributed by atoms with van der Waals surface area (Å²) < 4.78 is 12.7. The van der Waals surface area contributed by atoms with Crippen molar-refractivity contribution >= 4 is 22.7 Å². The summed E-state index contributed by atoms with van der Waals surface area (Å²) in [6.07, 6.45) is 2.01. The minimum absolute atomic E-state index is 0.0471. The van der Waals surface area contributed by atoms with Crippen LogP contribution in [0.15, 0.2) is 37.4 Å². The van der Waals surface area contributed by atoms with E-state index in [1.54, 1.807) is 4.57 Å². The molecule has 2 aromatic heterocycles. The number of hydrogen-bond acceptors (Lipinski definition) is 6. The molecule has 4 rings (SSSR count). The van der Waals surface area contributed by atoms with Gasteiger partial charge in [-0.3, -0.25) is 4.57 Å². The molecule has 1 aromatic carbocycles. The standard InChI is InChI=1S/C21H25N3O4S/c1-12(2)16-9-17-14(8-19(25)28-18(17)7-13(16)3)11-29-21-23-22-20(26)24(21)10-15-5-4-6-27-15/h7-9,12,15H,4-6,10-11H2,1-3H3,(H,22,26). The molecule has 0 aliphatic carbocycles. The molecule has 154 valence electrons. The molecule has 1 unspecified atom stereocenters. The van der Waals surface area contributed by atoms with Gasteiger partial charge in [-0.2, -0.15) is 0 Å². The highest BCUT2D eigenvalue weighted by Gasteiger charge is 2.20. The lowest BCUT2D eigenvalue weighted by Crippen LogP contribution is -2.24. The highest BCUT2D eigenvalue weighted by molar-refractivity contribution is 7.98. The fraction of sp³-hybridized carbons (Fsp3) is 0.476. The average molecular weight is 416 g/mol. The van der Waals surface area contributed by atoms with E-state index in [-0.39, 0.29) is 17.4 Å². The maximum atomic E-state index is 12.2. The quantitative estimate of drug-likeness (QED) is 0.489. The Kier molecular flexibility index (Phi) is 5.65. The van der Waals surface area contributed by atoms with E-state index in [9.17, 15) is 9.59 Å². The maximum Gasteiger partial charge on any atom is 0.344 e. The van der Waals surface area contributed by atoms with Crippen LogP contribution >= 0.6 is 11.8 Å². The Bertz CT molecular complexity index is 1140. The Hall–Kier alpha value is -2.32.